The lowest BCUT2D eigenvalue weighted by molar-refractivity contribution is 0.0695. The van der Waals surface area contributed by atoms with Gasteiger partial charge in [0.1, 0.15) is 17.1 Å². The lowest BCUT2D eigenvalue weighted by atomic mass is 10.2. The minimum Gasteiger partial charge on any atom is -0.478 e. The molecule has 1 aliphatic heterocycles. The van der Waals surface area contributed by atoms with Gasteiger partial charge >= 0.3 is 5.97 Å². The zero-order valence-corrected chi connectivity index (χ0v) is 11.9. The standard InChI is InChI=1S/C12H17NO3S2/c1-8-11(12(14)15)4-9(16-8)5-13-6-10-7-17-2-3-18-10/h4,10,13H,2-3,5-7H2,1H3,(H,14,15). The number of furan rings is 1. The van der Waals surface area contributed by atoms with Crippen LogP contribution >= 0.6 is 23.5 Å². The topological polar surface area (TPSA) is 62.5 Å². The number of carboxylic acids is 1. The SMILES string of the molecule is Cc1oc(CNCC2CSCCS2)cc1C(=O)O. The summed E-state index contributed by atoms with van der Waals surface area (Å²) in [4.78, 5) is 10.9. The molecule has 0 radical (unpaired) electrons. The van der Waals surface area contributed by atoms with Gasteiger partial charge < -0.3 is 14.8 Å². The fourth-order valence-electron chi connectivity index (χ4n) is 1.85. The predicted molar refractivity (Wildman–Crippen MR) is 75.7 cm³/mol. The molecule has 6 heteroatoms. The summed E-state index contributed by atoms with van der Waals surface area (Å²) in [6, 6.07) is 1.60. The number of rotatable bonds is 5. The van der Waals surface area contributed by atoms with Crippen molar-refractivity contribution in [3.63, 3.8) is 0 Å². The van der Waals surface area contributed by atoms with E-state index >= 15 is 0 Å². The Labute approximate surface area is 115 Å². The maximum Gasteiger partial charge on any atom is 0.339 e. The van der Waals surface area contributed by atoms with Crippen LogP contribution in [0.1, 0.15) is 21.9 Å². The van der Waals surface area contributed by atoms with Crippen molar-refractivity contribution < 1.29 is 14.3 Å². The third kappa shape index (κ3) is 3.70. The molecule has 1 unspecified atom stereocenters. The molecule has 1 saturated heterocycles. The second-order valence-corrected chi connectivity index (χ2v) is 6.74. The van der Waals surface area contributed by atoms with E-state index in [1.165, 1.54) is 17.3 Å². The molecule has 0 saturated carbocycles. The van der Waals surface area contributed by atoms with Crippen molar-refractivity contribution in [3.05, 3.63) is 23.2 Å². The van der Waals surface area contributed by atoms with Crippen LogP contribution in [0.2, 0.25) is 0 Å². The Morgan fingerprint density at radius 2 is 2.44 bits per heavy atom. The molecule has 1 atom stereocenters. The van der Waals surface area contributed by atoms with E-state index in [0.29, 0.717) is 23.3 Å². The highest BCUT2D eigenvalue weighted by atomic mass is 32.2. The van der Waals surface area contributed by atoms with E-state index < -0.39 is 5.97 Å². The minimum absolute atomic E-state index is 0.259. The summed E-state index contributed by atoms with van der Waals surface area (Å²) < 4.78 is 5.41. The summed E-state index contributed by atoms with van der Waals surface area (Å²) in [5, 5.41) is 12.9. The summed E-state index contributed by atoms with van der Waals surface area (Å²) in [6.07, 6.45) is 0. The van der Waals surface area contributed by atoms with Gasteiger partial charge in [0.05, 0.1) is 6.54 Å². The summed E-state index contributed by atoms with van der Waals surface area (Å²) in [7, 11) is 0. The number of nitrogens with one attached hydrogen (secondary N) is 1. The van der Waals surface area contributed by atoms with Gasteiger partial charge in [-0.05, 0) is 13.0 Å². The Balaban J connectivity index is 1.79. The van der Waals surface area contributed by atoms with Crippen LogP contribution in [-0.4, -0.2) is 40.1 Å². The fraction of sp³-hybridized carbons (Fsp3) is 0.583. The van der Waals surface area contributed by atoms with E-state index in [9.17, 15) is 4.79 Å². The lowest BCUT2D eigenvalue weighted by Crippen LogP contribution is -2.28. The van der Waals surface area contributed by atoms with Crippen LogP contribution in [0.3, 0.4) is 0 Å². The van der Waals surface area contributed by atoms with Gasteiger partial charge in [-0.1, -0.05) is 0 Å². The molecule has 0 amide bonds. The van der Waals surface area contributed by atoms with Crippen molar-refractivity contribution >= 4 is 29.5 Å². The number of aromatic carboxylic acids is 1. The molecule has 4 nitrogen and oxygen atoms in total. The zero-order chi connectivity index (χ0) is 13.0. The molecular formula is C12H17NO3S2. The van der Waals surface area contributed by atoms with Crippen molar-refractivity contribution in [2.75, 3.05) is 23.8 Å². The molecule has 18 heavy (non-hydrogen) atoms. The number of thioether (sulfide) groups is 2. The lowest BCUT2D eigenvalue weighted by Gasteiger charge is -2.20. The number of aryl methyl sites for hydroxylation is 1. The molecule has 2 N–H and O–H groups in total. The maximum absolute atomic E-state index is 10.9. The van der Waals surface area contributed by atoms with Crippen LogP contribution < -0.4 is 5.32 Å². The Kier molecular flexibility index (Phi) is 5.03. The van der Waals surface area contributed by atoms with Gasteiger partial charge in [0.2, 0.25) is 0 Å². The molecule has 1 aromatic heterocycles. The Morgan fingerprint density at radius 1 is 1.61 bits per heavy atom. The van der Waals surface area contributed by atoms with E-state index in [1.807, 2.05) is 23.5 Å². The number of carbonyl (C=O) groups is 1. The van der Waals surface area contributed by atoms with Gasteiger partial charge in [-0.2, -0.15) is 23.5 Å². The molecule has 0 bridgehead atoms. The first-order chi connectivity index (χ1) is 8.66. The first-order valence-corrected chi connectivity index (χ1v) is 8.10. The van der Waals surface area contributed by atoms with Crippen molar-refractivity contribution in [1.82, 2.24) is 5.32 Å². The van der Waals surface area contributed by atoms with Crippen molar-refractivity contribution in [2.24, 2.45) is 0 Å². The molecule has 1 aromatic rings. The smallest absolute Gasteiger partial charge is 0.339 e. The molecule has 1 aliphatic rings. The minimum atomic E-state index is -0.929. The van der Waals surface area contributed by atoms with Crippen molar-refractivity contribution in [2.45, 2.75) is 18.7 Å². The summed E-state index contributed by atoms with van der Waals surface area (Å²) in [5.74, 6) is 3.90. The van der Waals surface area contributed by atoms with E-state index in [0.717, 1.165) is 6.54 Å². The van der Waals surface area contributed by atoms with Crippen LogP contribution in [0.15, 0.2) is 10.5 Å². The van der Waals surface area contributed by atoms with Gasteiger partial charge in [-0.25, -0.2) is 4.79 Å². The van der Waals surface area contributed by atoms with Gasteiger partial charge in [-0.3, -0.25) is 0 Å². The molecule has 0 aliphatic carbocycles. The van der Waals surface area contributed by atoms with Crippen LogP contribution in [-0.2, 0) is 6.54 Å². The molecule has 0 aromatic carbocycles. The highest BCUT2D eigenvalue weighted by Gasteiger charge is 2.15. The quantitative estimate of drug-likeness (QED) is 0.866. The van der Waals surface area contributed by atoms with E-state index in [4.69, 9.17) is 9.52 Å². The zero-order valence-electron chi connectivity index (χ0n) is 10.3. The highest BCUT2D eigenvalue weighted by molar-refractivity contribution is 8.06. The maximum atomic E-state index is 10.9. The van der Waals surface area contributed by atoms with E-state index in [2.05, 4.69) is 5.32 Å². The van der Waals surface area contributed by atoms with Gasteiger partial charge in [-0.15, -0.1) is 0 Å². The van der Waals surface area contributed by atoms with Gasteiger partial charge in [0.15, 0.2) is 0 Å². The highest BCUT2D eigenvalue weighted by Crippen LogP contribution is 2.23. The average Bonchev–Trinajstić information content (AvgIpc) is 2.72. The Morgan fingerprint density at radius 3 is 3.06 bits per heavy atom. The van der Waals surface area contributed by atoms with Crippen LogP contribution in [0, 0.1) is 6.92 Å². The van der Waals surface area contributed by atoms with Crippen molar-refractivity contribution in [3.8, 4) is 0 Å². The first-order valence-electron chi connectivity index (χ1n) is 5.89. The third-order valence-corrected chi connectivity index (χ3v) is 5.60. The predicted octanol–water partition coefficient (Wildman–Crippen LogP) is 2.22. The average molecular weight is 287 g/mol. The molecule has 0 spiro atoms. The number of hydrogen-bond donors (Lipinski definition) is 2. The molecule has 100 valence electrons. The molecule has 2 heterocycles. The molecule has 1 fully saturated rings. The monoisotopic (exact) mass is 287 g/mol. The fourth-order valence-corrected chi connectivity index (χ4v) is 4.50. The summed E-state index contributed by atoms with van der Waals surface area (Å²) >= 11 is 4.00. The Bertz CT molecular complexity index is 413. The summed E-state index contributed by atoms with van der Waals surface area (Å²) in [6.45, 7) is 3.22. The van der Waals surface area contributed by atoms with Gasteiger partial charge in [0.25, 0.3) is 0 Å². The second-order valence-electron chi connectivity index (χ2n) is 4.19. The second kappa shape index (κ2) is 6.54. The van der Waals surface area contributed by atoms with Crippen LogP contribution in [0.5, 0.6) is 0 Å². The number of hydrogen-bond acceptors (Lipinski definition) is 5. The molecular weight excluding hydrogens is 270 g/mol. The van der Waals surface area contributed by atoms with Gasteiger partial charge in [0, 0.05) is 29.1 Å². The normalized spacial score (nSPS) is 19.9. The Hall–Kier alpha value is -0.590. The number of carboxylic acid groups (broad SMARTS) is 1. The van der Waals surface area contributed by atoms with Crippen molar-refractivity contribution in [1.29, 1.82) is 0 Å². The third-order valence-electron chi connectivity index (χ3n) is 2.76. The van der Waals surface area contributed by atoms with Crippen LogP contribution in [0.25, 0.3) is 0 Å². The van der Waals surface area contributed by atoms with Crippen LogP contribution in [0.4, 0.5) is 0 Å². The first kappa shape index (κ1) is 13.8. The largest absolute Gasteiger partial charge is 0.478 e. The van der Waals surface area contributed by atoms with E-state index in [-0.39, 0.29) is 5.56 Å². The molecule has 2 rings (SSSR count). The summed E-state index contributed by atoms with van der Waals surface area (Å²) in [5.41, 5.74) is 0.259. The van der Waals surface area contributed by atoms with E-state index in [1.54, 1.807) is 13.0 Å².